The Hall–Kier alpha value is -6.00. The number of rotatable bonds is 3. The molecule has 7 aromatic carbocycles. The number of hydrogen-bond donors (Lipinski definition) is 0. The summed E-state index contributed by atoms with van der Waals surface area (Å²) in [5.41, 5.74) is 23.8. The van der Waals surface area contributed by atoms with Crippen molar-refractivity contribution in [2.45, 2.75) is 118 Å². The molecule has 0 radical (unpaired) electrons. The molecule has 2 aliphatic heterocycles. The van der Waals surface area contributed by atoms with E-state index in [-0.39, 0.29) is 28.4 Å². The summed E-state index contributed by atoms with van der Waals surface area (Å²) in [6, 6.07) is 49.0. The van der Waals surface area contributed by atoms with Crippen molar-refractivity contribution in [2.75, 3.05) is 9.80 Å². The molecule has 0 amide bonds. The second kappa shape index (κ2) is 13.8. The van der Waals surface area contributed by atoms with Crippen molar-refractivity contribution in [2.24, 2.45) is 0 Å². The highest BCUT2D eigenvalue weighted by Gasteiger charge is 2.47. The molecule has 0 fully saturated rings. The van der Waals surface area contributed by atoms with Gasteiger partial charge >= 0.3 is 0 Å². The van der Waals surface area contributed by atoms with E-state index in [0.717, 1.165) is 29.4 Å². The molecule has 0 atom stereocenters. The second-order valence-electron chi connectivity index (χ2n) is 22.6. The van der Waals surface area contributed by atoms with Crippen LogP contribution in [0.1, 0.15) is 115 Å². The molecule has 0 unspecified atom stereocenters. The Balaban J connectivity index is 1.31. The largest absolute Gasteiger partial charge is 0.456 e. The third-order valence-electron chi connectivity index (χ3n) is 15.3. The van der Waals surface area contributed by atoms with E-state index in [4.69, 9.17) is 4.42 Å². The van der Waals surface area contributed by atoms with E-state index >= 15 is 0 Å². The van der Waals surface area contributed by atoms with Crippen LogP contribution in [0.5, 0.6) is 0 Å². The molecule has 0 saturated heterocycles. The molecule has 3 aliphatic rings. The van der Waals surface area contributed by atoms with Crippen molar-refractivity contribution in [3.8, 4) is 11.1 Å². The minimum atomic E-state index is -0.0422. The number of nitrogens with zero attached hydrogens (tertiary/aromatic N) is 2. The summed E-state index contributed by atoms with van der Waals surface area (Å²) in [6.45, 7) is 28.2. The van der Waals surface area contributed by atoms with Gasteiger partial charge in [0.05, 0.1) is 0 Å². The maximum Gasteiger partial charge on any atom is 0.252 e. The normalized spacial score (nSPS) is 16.2. The Labute approximate surface area is 381 Å². The van der Waals surface area contributed by atoms with E-state index in [1.807, 2.05) is 0 Å². The average Bonchev–Trinajstić information content (AvgIpc) is 3.61. The summed E-state index contributed by atoms with van der Waals surface area (Å²) in [5, 5.41) is 2.32. The molecule has 0 saturated carbocycles. The monoisotopic (exact) mass is 836 g/mol. The number of para-hydroxylation sites is 1. The molecule has 0 bridgehead atoms. The summed E-state index contributed by atoms with van der Waals surface area (Å²) in [7, 11) is 0. The van der Waals surface area contributed by atoms with Crippen molar-refractivity contribution < 1.29 is 4.42 Å². The molecule has 0 spiro atoms. The summed E-state index contributed by atoms with van der Waals surface area (Å²) in [6.07, 6.45) is 2.31. The van der Waals surface area contributed by atoms with Gasteiger partial charge in [0.1, 0.15) is 11.2 Å². The number of anilines is 6. The minimum Gasteiger partial charge on any atom is -0.456 e. The van der Waals surface area contributed by atoms with Gasteiger partial charge in [0, 0.05) is 44.9 Å². The van der Waals surface area contributed by atoms with Crippen LogP contribution in [0.15, 0.2) is 132 Å². The Morgan fingerprint density at radius 2 is 1.02 bits per heavy atom. The van der Waals surface area contributed by atoms with Crippen molar-refractivity contribution in [3.05, 3.63) is 161 Å². The van der Waals surface area contributed by atoms with Gasteiger partial charge in [-0.05, 0) is 164 Å². The van der Waals surface area contributed by atoms with Gasteiger partial charge in [-0.1, -0.05) is 142 Å². The highest BCUT2D eigenvalue weighted by atomic mass is 16.3. The lowest BCUT2D eigenvalue weighted by Gasteiger charge is -2.48. The van der Waals surface area contributed by atoms with E-state index in [0.29, 0.717) is 0 Å². The molecule has 1 aromatic heterocycles. The number of benzene rings is 7. The van der Waals surface area contributed by atoms with Crippen LogP contribution >= 0.6 is 0 Å². The van der Waals surface area contributed by atoms with Crippen LogP contribution in [0.4, 0.5) is 34.1 Å². The fourth-order valence-electron chi connectivity index (χ4n) is 11.3. The van der Waals surface area contributed by atoms with Crippen LogP contribution in [0.2, 0.25) is 0 Å². The lowest BCUT2D eigenvalue weighted by molar-refractivity contribution is 0.332. The maximum absolute atomic E-state index is 6.91. The van der Waals surface area contributed by atoms with E-state index in [9.17, 15) is 0 Å². The smallest absolute Gasteiger partial charge is 0.252 e. The van der Waals surface area contributed by atoms with Crippen molar-refractivity contribution in [3.63, 3.8) is 0 Å². The Kier molecular flexibility index (Phi) is 8.76. The molecule has 0 N–H and O–H groups in total. The first kappa shape index (κ1) is 40.8. The van der Waals surface area contributed by atoms with Gasteiger partial charge in [-0.15, -0.1) is 0 Å². The summed E-state index contributed by atoms with van der Waals surface area (Å²) >= 11 is 0. The van der Waals surface area contributed by atoms with Gasteiger partial charge in [-0.3, -0.25) is 0 Å². The molecule has 1 aliphatic carbocycles. The zero-order valence-corrected chi connectivity index (χ0v) is 39.9. The lowest BCUT2D eigenvalue weighted by Crippen LogP contribution is -2.62. The number of fused-ring (bicyclic) bond motifs is 8. The van der Waals surface area contributed by atoms with Crippen molar-refractivity contribution >= 4 is 79.2 Å². The van der Waals surface area contributed by atoms with Crippen LogP contribution in [-0.4, -0.2) is 6.71 Å². The molecular weight excluding hydrogens is 775 g/mol. The van der Waals surface area contributed by atoms with Crippen LogP contribution < -0.4 is 26.2 Å². The third-order valence-corrected chi connectivity index (χ3v) is 15.3. The Morgan fingerprint density at radius 3 is 1.66 bits per heavy atom. The van der Waals surface area contributed by atoms with Crippen molar-refractivity contribution in [1.29, 1.82) is 0 Å². The van der Waals surface area contributed by atoms with Gasteiger partial charge in [-0.2, -0.15) is 0 Å². The molecule has 3 nitrogen and oxygen atoms in total. The molecule has 3 heterocycles. The Bertz CT molecular complexity index is 3230. The van der Waals surface area contributed by atoms with Gasteiger partial charge in [-0.25, -0.2) is 0 Å². The number of hydrogen-bond acceptors (Lipinski definition) is 3. The maximum atomic E-state index is 6.91. The summed E-state index contributed by atoms with van der Waals surface area (Å²) in [5.74, 6) is 0. The van der Waals surface area contributed by atoms with E-state index in [1.165, 1.54) is 100 Å². The fraction of sp³-hybridized carbons (Fsp3) is 0.300. The number of aryl methyl sites for hydroxylation is 2. The molecule has 64 heavy (non-hydrogen) atoms. The zero-order valence-electron chi connectivity index (χ0n) is 39.9. The highest BCUT2D eigenvalue weighted by Crippen LogP contribution is 2.52. The predicted octanol–water partition coefficient (Wildman–Crippen LogP) is 14.9. The van der Waals surface area contributed by atoms with Crippen LogP contribution in [-0.2, 0) is 21.7 Å². The van der Waals surface area contributed by atoms with Crippen molar-refractivity contribution in [1.82, 2.24) is 0 Å². The number of furan rings is 1. The predicted molar refractivity (Wildman–Crippen MR) is 275 cm³/mol. The van der Waals surface area contributed by atoms with E-state index < -0.39 is 0 Å². The SMILES string of the molecule is Cc1cc(C(C)(C)C)ccc1N1c2cc3c(cc2B2c4cc5oc6ccc(C(C)(C)C)cc6c5cc4N(c4ccccc4C)c4cc(-c5ccccc5)cc1c42)C(C)(C)CCC3(C)C. The molecule has 11 rings (SSSR count). The highest BCUT2D eigenvalue weighted by molar-refractivity contribution is 7.00. The van der Waals surface area contributed by atoms with Crippen LogP contribution in [0.25, 0.3) is 33.1 Å². The Morgan fingerprint density at radius 1 is 0.469 bits per heavy atom. The van der Waals surface area contributed by atoms with Crippen LogP contribution in [0, 0.1) is 13.8 Å². The third kappa shape index (κ3) is 6.15. The summed E-state index contributed by atoms with van der Waals surface area (Å²) in [4.78, 5) is 5.23. The van der Waals surface area contributed by atoms with Gasteiger partial charge in [0.2, 0.25) is 0 Å². The molecular formula is C60H61BN2O. The van der Waals surface area contributed by atoms with E-state index in [2.05, 4.69) is 220 Å². The zero-order chi connectivity index (χ0) is 44.8. The van der Waals surface area contributed by atoms with Crippen LogP contribution in [0.3, 0.4) is 0 Å². The minimum absolute atomic E-state index is 0.00689. The molecule has 4 heteroatoms. The lowest BCUT2D eigenvalue weighted by atomic mass is 9.33. The standard InChI is InChI=1S/C60H61BN2O/c1-36-18-16-17-21-48(36)62-50-32-43-42-31-41(58(6,7)8)23-25-54(42)64-55(43)35-47(50)61-46-33-44-45(60(11,12)27-26-59(44,9)10)34-51(46)63(49-24-22-40(28-37(49)2)57(3,4)5)53-30-39(29-52(62)56(53)61)38-19-14-13-15-20-38/h13-25,28-35H,26-27H2,1-12H3. The molecule has 320 valence electrons. The van der Waals surface area contributed by atoms with Gasteiger partial charge < -0.3 is 14.2 Å². The second-order valence-corrected chi connectivity index (χ2v) is 22.6. The average molecular weight is 837 g/mol. The molecule has 8 aromatic rings. The van der Waals surface area contributed by atoms with Gasteiger partial charge in [0.25, 0.3) is 6.71 Å². The first-order chi connectivity index (χ1) is 30.3. The first-order valence-corrected chi connectivity index (χ1v) is 23.5. The summed E-state index contributed by atoms with van der Waals surface area (Å²) < 4.78 is 6.91. The van der Waals surface area contributed by atoms with E-state index in [1.54, 1.807) is 0 Å². The first-order valence-electron chi connectivity index (χ1n) is 23.5. The quantitative estimate of drug-likeness (QED) is 0.165. The van der Waals surface area contributed by atoms with Gasteiger partial charge in [0.15, 0.2) is 0 Å². The topological polar surface area (TPSA) is 19.6 Å². The fourth-order valence-corrected chi connectivity index (χ4v) is 11.3.